The van der Waals surface area contributed by atoms with E-state index in [1.807, 2.05) is 13.0 Å². The summed E-state index contributed by atoms with van der Waals surface area (Å²) < 4.78 is 13.5. The normalized spacial score (nSPS) is 12.2. The lowest BCUT2D eigenvalue weighted by atomic mass is 10.1. The van der Waals surface area contributed by atoms with Gasteiger partial charge >= 0.3 is 0 Å². The Morgan fingerprint density at radius 2 is 2.16 bits per heavy atom. The molecule has 0 saturated carbocycles. The largest absolute Gasteiger partial charge is 0.368 e. The van der Waals surface area contributed by atoms with Crippen LogP contribution in [0.4, 0.5) is 16.2 Å². The van der Waals surface area contributed by atoms with Gasteiger partial charge in [0, 0.05) is 0 Å². The first-order valence-electron chi connectivity index (χ1n) is 5.78. The number of aryl methyl sites for hydroxylation is 1. The predicted molar refractivity (Wildman–Crippen MR) is 74.6 cm³/mol. The molecule has 0 aliphatic rings. The fraction of sp³-hybridized carbons (Fsp3) is 0.231. The van der Waals surface area contributed by atoms with E-state index in [4.69, 9.17) is 17.3 Å². The van der Waals surface area contributed by atoms with E-state index in [2.05, 4.69) is 15.3 Å². The fourth-order valence-electron chi connectivity index (χ4n) is 1.65. The first kappa shape index (κ1) is 13.5. The number of nitrogen functional groups attached to an aromatic ring is 1. The molecule has 1 unspecified atom stereocenters. The molecule has 0 aliphatic carbocycles. The number of aromatic nitrogens is 2. The molecule has 0 saturated heterocycles. The minimum atomic E-state index is -0.237. The molecular formula is C13H14ClFN4. The second-order valence-electron chi connectivity index (χ2n) is 4.30. The van der Waals surface area contributed by atoms with Gasteiger partial charge in [-0.05, 0) is 31.0 Å². The second-order valence-corrected chi connectivity index (χ2v) is 4.71. The van der Waals surface area contributed by atoms with Crippen molar-refractivity contribution in [3.05, 3.63) is 46.4 Å². The molecular weight excluding hydrogens is 267 g/mol. The molecule has 0 fully saturated rings. The van der Waals surface area contributed by atoms with E-state index in [1.165, 1.54) is 12.3 Å². The molecule has 4 nitrogen and oxygen atoms in total. The summed E-state index contributed by atoms with van der Waals surface area (Å²) in [5.74, 6) is 0.330. The third kappa shape index (κ3) is 3.12. The molecule has 0 spiro atoms. The number of anilines is 2. The van der Waals surface area contributed by atoms with E-state index in [0.29, 0.717) is 16.4 Å². The van der Waals surface area contributed by atoms with Gasteiger partial charge in [0.05, 0.1) is 12.2 Å². The molecule has 0 bridgehead atoms. The van der Waals surface area contributed by atoms with Gasteiger partial charge in [-0.3, -0.25) is 0 Å². The van der Waals surface area contributed by atoms with E-state index in [-0.39, 0.29) is 17.8 Å². The average molecular weight is 281 g/mol. The number of nitrogens with zero attached hydrogens (tertiary/aromatic N) is 2. The molecule has 3 N–H and O–H groups in total. The van der Waals surface area contributed by atoms with Crippen molar-refractivity contribution in [2.75, 3.05) is 11.1 Å². The lowest BCUT2D eigenvalue weighted by Gasteiger charge is -2.16. The molecule has 0 amide bonds. The summed E-state index contributed by atoms with van der Waals surface area (Å²) in [6, 6.07) is 4.93. The highest BCUT2D eigenvalue weighted by Gasteiger charge is 2.11. The molecule has 0 radical (unpaired) electrons. The quantitative estimate of drug-likeness (QED) is 0.905. The Bertz CT molecular complexity index is 603. The second kappa shape index (κ2) is 5.40. The summed E-state index contributed by atoms with van der Waals surface area (Å²) in [5, 5.41) is 3.45. The smallest absolute Gasteiger partial charge is 0.222 e. The number of rotatable bonds is 3. The zero-order valence-electron chi connectivity index (χ0n) is 10.6. The van der Waals surface area contributed by atoms with E-state index >= 15 is 0 Å². The maximum absolute atomic E-state index is 13.5. The Labute approximate surface area is 115 Å². The maximum Gasteiger partial charge on any atom is 0.222 e. The molecule has 2 rings (SSSR count). The summed E-state index contributed by atoms with van der Waals surface area (Å²) in [4.78, 5) is 7.79. The van der Waals surface area contributed by atoms with E-state index < -0.39 is 0 Å². The molecule has 6 heteroatoms. The van der Waals surface area contributed by atoms with Crippen LogP contribution in [0.5, 0.6) is 0 Å². The highest BCUT2D eigenvalue weighted by molar-refractivity contribution is 6.32. The Morgan fingerprint density at radius 1 is 1.42 bits per heavy atom. The standard InChI is InChI=1S/C13H14ClFN4/c1-7-3-4-9(5-11(7)15)8(2)18-12-10(14)6-17-13(16)19-12/h3-6,8H,1-2H3,(H3,16,17,18,19). The van der Waals surface area contributed by atoms with Crippen molar-refractivity contribution in [3.63, 3.8) is 0 Å². The highest BCUT2D eigenvalue weighted by atomic mass is 35.5. The number of nitrogens with one attached hydrogen (secondary N) is 1. The van der Waals surface area contributed by atoms with Crippen LogP contribution in [0.1, 0.15) is 24.1 Å². The van der Waals surface area contributed by atoms with Gasteiger partial charge in [0.2, 0.25) is 5.95 Å². The van der Waals surface area contributed by atoms with Gasteiger partial charge in [-0.1, -0.05) is 23.7 Å². The summed E-state index contributed by atoms with van der Waals surface area (Å²) >= 11 is 5.97. The van der Waals surface area contributed by atoms with Crippen molar-refractivity contribution >= 4 is 23.4 Å². The first-order chi connectivity index (χ1) is 8.97. The minimum absolute atomic E-state index is 0.134. The lowest BCUT2D eigenvalue weighted by Crippen LogP contribution is -2.10. The minimum Gasteiger partial charge on any atom is -0.368 e. The van der Waals surface area contributed by atoms with E-state index in [0.717, 1.165) is 5.56 Å². The lowest BCUT2D eigenvalue weighted by molar-refractivity contribution is 0.614. The Balaban J connectivity index is 2.22. The van der Waals surface area contributed by atoms with Crippen molar-refractivity contribution in [1.29, 1.82) is 0 Å². The van der Waals surface area contributed by atoms with Crippen LogP contribution < -0.4 is 11.1 Å². The van der Waals surface area contributed by atoms with Crippen molar-refractivity contribution < 1.29 is 4.39 Å². The van der Waals surface area contributed by atoms with E-state index in [1.54, 1.807) is 13.0 Å². The number of hydrogen-bond acceptors (Lipinski definition) is 4. The number of hydrogen-bond donors (Lipinski definition) is 2. The van der Waals surface area contributed by atoms with Crippen LogP contribution in [-0.2, 0) is 0 Å². The molecule has 1 atom stereocenters. The average Bonchev–Trinajstić information content (AvgIpc) is 2.37. The molecule has 100 valence electrons. The Kier molecular flexibility index (Phi) is 3.85. The predicted octanol–water partition coefficient (Wildman–Crippen LogP) is 3.33. The van der Waals surface area contributed by atoms with Crippen LogP contribution in [0.3, 0.4) is 0 Å². The molecule has 2 aromatic rings. The molecule has 1 heterocycles. The number of nitrogens with two attached hydrogens (primary N) is 1. The van der Waals surface area contributed by atoms with Crippen LogP contribution in [0.2, 0.25) is 5.02 Å². The van der Waals surface area contributed by atoms with Gasteiger partial charge in [0.25, 0.3) is 0 Å². The van der Waals surface area contributed by atoms with Crippen LogP contribution in [0.25, 0.3) is 0 Å². The van der Waals surface area contributed by atoms with Crippen molar-refractivity contribution in [2.24, 2.45) is 0 Å². The monoisotopic (exact) mass is 280 g/mol. The van der Waals surface area contributed by atoms with Crippen LogP contribution in [-0.4, -0.2) is 9.97 Å². The Morgan fingerprint density at radius 3 is 2.84 bits per heavy atom. The van der Waals surface area contributed by atoms with Gasteiger partial charge in [0.15, 0.2) is 5.82 Å². The van der Waals surface area contributed by atoms with Crippen molar-refractivity contribution in [2.45, 2.75) is 19.9 Å². The highest BCUT2D eigenvalue weighted by Crippen LogP contribution is 2.25. The van der Waals surface area contributed by atoms with Crippen molar-refractivity contribution in [1.82, 2.24) is 9.97 Å². The van der Waals surface area contributed by atoms with Gasteiger partial charge < -0.3 is 11.1 Å². The summed E-state index contributed by atoms with van der Waals surface area (Å²) in [6.45, 7) is 3.61. The SMILES string of the molecule is Cc1ccc(C(C)Nc2nc(N)ncc2Cl)cc1F. The zero-order valence-corrected chi connectivity index (χ0v) is 11.4. The van der Waals surface area contributed by atoms with Crippen molar-refractivity contribution in [3.8, 4) is 0 Å². The third-order valence-electron chi connectivity index (χ3n) is 2.81. The fourth-order valence-corrected chi connectivity index (χ4v) is 1.79. The van der Waals surface area contributed by atoms with Gasteiger partial charge in [0.1, 0.15) is 10.8 Å². The first-order valence-corrected chi connectivity index (χ1v) is 6.16. The van der Waals surface area contributed by atoms with Gasteiger partial charge in [-0.15, -0.1) is 0 Å². The van der Waals surface area contributed by atoms with E-state index in [9.17, 15) is 4.39 Å². The molecule has 1 aromatic carbocycles. The maximum atomic E-state index is 13.5. The third-order valence-corrected chi connectivity index (χ3v) is 3.09. The number of halogens is 2. The topological polar surface area (TPSA) is 63.8 Å². The Hall–Kier alpha value is -1.88. The van der Waals surface area contributed by atoms with Crippen LogP contribution in [0.15, 0.2) is 24.4 Å². The van der Waals surface area contributed by atoms with Crippen LogP contribution in [0, 0.1) is 12.7 Å². The van der Waals surface area contributed by atoms with Crippen LogP contribution >= 0.6 is 11.6 Å². The molecule has 0 aliphatic heterocycles. The summed E-state index contributed by atoms with van der Waals surface area (Å²) in [6.07, 6.45) is 1.43. The zero-order chi connectivity index (χ0) is 14.0. The molecule has 1 aromatic heterocycles. The molecule has 19 heavy (non-hydrogen) atoms. The van der Waals surface area contributed by atoms with Gasteiger partial charge in [-0.25, -0.2) is 9.37 Å². The number of benzene rings is 1. The summed E-state index contributed by atoms with van der Waals surface area (Å²) in [7, 11) is 0. The summed E-state index contributed by atoms with van der Waals surface area (Å²) in [5.41, 5.74) is 6.92. The van der Waals surface area contributed by atoms with Gasteiger partial charge in [-0.2, -0.15) is 4.98 Å².